The van der Waals surface area contributed by atoms with Gasteiger partial charge in [-0.1, -0.05) is 12.1 Å². The van der Waals surface area contributed by atoms with Crippen LogP contribution in [0.5, 0.6) is 0 Å². The monoisotopic (exact) mass is 360 g/mol. The Labute approximate surface area is 131 Å². The van der Waals surface area contributed by atoms with Gasteiger partial charge in [0.2, 0.25) is 0 Å². The zero-order valence-electron chi connectivity index (χ0n) is 11.6. The minimum Gasteiger partial charge on any atom is -0.379 e. The molecule has 0 fully saturated rings. The van der Waals surface area contributed by atoms with Crippen molar-refractivity contribution < 1.29 is 31.1 Å². The first-order valence-electron chi connectivity index (χ1n) is 6.44. The fraction of sp³-hybridized carbons (Fsp3) is 0.538. The molecular formula is C13H16ClF3O4S. The molecule has 0 aromatic heterocycles. The predicted molar refractivity (Wildman–Crippen MR) is 75.5 cm³/mol. The highest BCUT2D eigenvalue weighted by Crippen LogP contribution is 2.16. The summed E-state index contributed by atoms with van der Waals surface area (Å²) in [5.74, 6) is 0. The molecule has 4 nitrogen and oxygen atoms in total. The predicted octanol–water partition coefficient (Wildman–Crippen LogP) is 3.14. The van der Waals surface area contributed by atoms with Crippen LogP contribution < -0.4 is 0 Å². The molecule has 0 aliphatic carbocycles. The number of rotatable bonds is 9. The van der Waals surface area contributed by atoms with E-state index in [1.165, 1.54) is 12.1 Å². The molecule has 0 atom stereocenters. The van der Waals surface area contributed by atoms with E-state index in [2.05, 4.69) is 4.74 Å². The Hall–Kier alpha value is -0.830. The Morgan fingerprint density at radius 1 is 1.00 bits per heavy atom. The van der Waals surface area contributed by atoms with Gasteiger partial charge in [-0.3, -0.25) is 0 Å². The van der Waals surface area contributed by atoms with Gasteiger partial charge in [0.1, 0.15) is 6.61 Å². The third-order valence-electron chi connectivity index (χ3n) is 2.60. The second-order valence-corrected chi connectivity index (χ2v) is 7.03. The molecule has 0 saturated carbocycles. The fourth-order valence-electron chi connectivity index (χ4n) is 1.60. The summed E-state index contributed by atoms with van der Waals surface area (Å²) in [6.45, 7) is -0.904. The Morgan fingerprint density at radius 3 is 2.14 bits per heavy atom. The highest BCUT2D eigenvalue weighted by molar-refractivity contribution is 8.13. The molecule has 0 heterocycles. The SMILES string of the molecule is O=S(=O)(Cl)c1ccc(CCCOCCOCC(F)(F)F)cc1. The molecule has 0 aliphatic heterocycles. The topological polar surface area (TPSA) is 52.6 Å². The number of hydrogen-bond donors (Lipinski definition) is 0. The zero-order chi connectivity index (χ0) is 16.6. The van der Waals surface area contributed by atoms with Crippen LogP contribution in [0.25, 0.3) is 0 Å². The molecule has 0 bridgehead atoms. The summed E-state index contributed by atoms with van der Waals surface area (Å²) in [6.07, 6.45) is -3.00. The highest BCUT2D eigenvalue weighted by atomic mass is 35.7. The van der Waals surface area contributed by atoms with E-state index in [4.69, 9.17) is 15.4 Å². The third kappa shape index (κ3) is 8.57. The molecule has 126 valence electrons. The standard InChI is InChI=1S/C13H16ClF3O4S/c14-22(18,19)12-5-3-11(4-6-12)2-1-7-20-8-9-21-10-13(15,16)17/h3-6H,1-2,7-10H2. The number of halogens is 4. The first-order valence-corrected chi connectivity index (χ1v) is 8.75. The summed E-state index contributed by atoms with van der Waals surface area (Å²) in [5, 5.41) is 0. The summed E-state index contributed by atoms with van der Waals surface area (Å²) >= 11 is 0. The van der Waals surface area contributed by atoms with Gasteiger partial charge in [-0.05, 0) is 30.5 Å². The van der Waals surface area contributed by atoms with E-state index in [0.717, 1.165) is 5.56 Å². The quantitative estimate of drug-likeness (QED) is 0.501. The van der Waals surface area contributed by atoms with E-state index >= 15 is 0 Å². The zero-order valence-corrected chi connectivity index (χ0v) is 13.2. The molecular weight excluding hydrogens is 345 g/mol. The van der Waals surface area contributed by atoms with E-state index in [0.29, 0.717) is 19.4 Å². The van der Waals surface area contributed by atoms with Gasteiger partial charge < -0.3 is 9.47 Å². The summed E-state index contributed by atoms with van der Waals surface area (Å²) in [7, 11) is 1.48. The van der Waals surface area contributed by atoms with Crippen LogP contribution in [0.2, 0.25) is 0 Å². The van der Waals surface area contributed by atoms with Gasteiger partial charge in [0.15, 0.2) is 0 Å². The normalized spacial score (nSPS) is 12.5. The molecule has 0 amide bonds. The van der Waals surface area contributed by atoms with Gasteiger partial charge in [-0.2, -0.15) is 13.2 Å². The average Bonchev–Trinajstić information content (AvgIpc) is 2.40. The van der Waals surface area contributed by atoms with Crippen LogP contribution in [0.3, 0.4) is 0 Å². The van der Waals surface area contributed by atoms with Crippen LogP contribution in [0, 0.1) is 0 Å². The van der Waals surface area contributed by atoms with Crippen molar-refractivity contribution in [2.75, 3.05) is 26.4 Å². The Bertz CT molecular complexity index is 543. The molecule has 1 aromatic carbocycles. The van der Waals surface area contributed by atoms with Gasteiger partial charge in [0.25, 0.3) is 9.05 Å². The van der Waals surface area contributed by atoms with Crippen molar-refractivity contribution in [3.05, 3.63) is 29.8 Å². The summed E-state index contributed by atoms with van der Waals surface area (Å²) in [6, 6.07) is 6.15. The number of aryl methyl sites for hydroxylation is 1. The molecule has 0 N–H and O–H groups in total. The lowest BCUT2D eigenvalue weighted by molar-refractivity contribution is -0.176. The number of ether oxygens (including phenoxy) is 2. The van der Waals surface area contributed by atoms with E-state index in [1.807, 2.05) is 0 Å². The summed E-state index contributed by atoms with van der Waals surface area (Å²) in [4.78, 5) is 0.0379. The van der Waals surface area contributed by atoms with Crippen molar-refractivity contribution in [2.24, 2.45) is 0 Å². The maximum atomic E-state index is 11.8. The number of hydrogen-bond acceptors (Lipinski definition) is 4. The Kier molecular flexibility index (Phi) is 7.61. The van der Waals surface area contributed by atoms with Crippen LogP contribution in [0.4, 0.5) is 13.2 Å². The Balaban J connectivity index is 2.13. The van der Waals surface area contributed by atoms with Crippen LogP contribution in [0.15, 0.2) is 29.2 Å². The molecule has 0 saturated heterocycles. The molecule has 1 rings (SSSR count). The molecule has 1 aromatic rings. The van der Waals surface area contributed by atoms with Gasteiger partial charge in [-0.25, -0.2) is 8.42 Å². The molecule has 0 radical (unpaired) electrons. The second-order valence-electron chi connectivity index (χ2n) is 4.47. The van der Waals surface area contributed by atoms with Crippen LogP contribution >= 0.6 is 10.7 Å². The van der Waals surface area contributed by atoms with E-state index in [-0.39, 0.29) is 18.1 Å². The van der Waals surface area contributed by atoms with E-state index in [9.17, 15) is 21.6 Å². The van der Waals surface area contributed by atoms with Crippen LogP contribution in [-0.2, 0) is 24.9 Å². The van der Waals surface area contributed by atoms with Gasteiger partial charge in [0, 0.05) is 17.3 Å². The largest absolute Gasteiger partial charge is 0.411 e. The van der Waals surface area contributed by atoms with Crippen molar-refractivity contribution in [2.45, 2.75) is 23.9 Å². The van der Waals surface area contributed by atoms with Crippen LogP contribution in [-0.4, -0.2) is 41.0 Å². The average molecular weight is 361 g/mol. The van der Waals surface area contributed by atoms with Crippen molar-refractivity contribution in [1.82, 2.24) is 0 Å². The van der Waals surface area contributed by atoms with E-state index < -0.39 is 21.8 Å². The second kappa shape index (κ2) is 8.71. The third-order valence-corrected chi connectivity index (χ3v) is 3.97. The molecule has 0 spiro atoms. The first kappa shape index (κ1) is 19.2. The van der Waals surface area contributed by atoms with Gasteiger partial charge in [-0.15, -0.1) is 0 Å². The minimum atomic E-state index is -4.32. The first-order chi connectivity index (χ1) is 10.2. The van der Waals surface area contributed by atoms with Gasteiger partial charge in [0.05, 0.1) is 18.1 Å². The fourth-order valence-corrected chi connectivity index (χ4v) is 2.37. The smallest absolute Gasteiger partial charge is 0.379 e. The van der Waals surface area contributed by atoms with Crippen LogP contribution in [0.1, 0.15) is 12.0 Å². The maximum Gasteiger partial charge on any atom is 0.411 e. The molecule has 0 aliphatic rings. The van der Waals surface area contributed by atoms with Crippen molar-refractivity contribution in [1.29, 1.82) is 0 Å². The van der Waals surface area contributed by atoms with Crippen molar-refractivity contribution in [3.8, 4) is 0 Å². The minimum absolute atomic E-state index is 0.0379. The lowest BCUT2D eigenvalue weighted by Crippen LogP contribution is -2.19. The molecule has 9 heteroatoms. The van der Waals surface area contributed by atoms with Gasteiger partial charge >= 0.3 is 6.18 Å². The summed E-state index contributed by atoms with van der Waals surface area (Å²) in [5.41, 5.74) is 0.918. The lowest BCUT2D eigenvalue weighted by atomic mass is 10.1. The highest BCUT2D eigenvalue weighted by Gasteiger charge is 2.27. The van der Waals surface area contributed by atoms with E-state index in [1.54, 1.807) is 12.1 Å². The number of alkyl halides is 3. The maximum absolute atomic E-state index is 11.8. The number of benzene rings is 1. The molecule has 0 unspecified atom stereocenters. The molecule has 22 heavy (non-hydrogen) atoms. The Morgan fingerprint density at radius 2 is 1.59 bits per heavy atom. The lowest BCUT2D eigenvalue weighted by Gasteiger charge is -2.08. The van der Waals surface area contributed by atoms with Crippen molar-refractivity contribution in [3.63, 3.8) is 0 Å². The van der Waals surface area contributed by atoms with Crippen molar-refractivity contribution >= 4 is 19.7 Å². The summed E-state index contributed by atoms with van der Waals surface area (Å²) < 4.78 is 66.9.